The van der Waals surface area contributed by atoms with Crippen LogP contribution in [0.3, 0.4) is 0 Å². The molecule has 9 nitrogen and oxygen atoms in total. The molecule has 176 valence electrons. The Bertz CT molecular complexity index is 1260. The van der Waals surface area contributed by atoms with Crippen molar-refractivity contribution in [2.45, 2.75) is 19.9 Å². The lowest BCUT2D eigenvalue weighted by Gasteiger charge is -2.20. The summed E-state index contributed by atoms with van der Waals surface area (Å²) in [6, 6.07) is 13.2. The van der Waals surface area contributed by atoms with E-state index in [4.69, 9.17) is 23.2 Å². The molecule has 0 saturated carbocycles. The smallest absolute Gasteiger partial charge is 0.271 e. The van der Waals surface area contributed by atoms with E-state index in [9.17, 15) is 19.7 Å². The van der Waals surface area contributed by atoms with Crippen molar-refractivity contribution in [3.63, 3.8) is 0 Å². The zero-order chi connectivity index (χ0) is 24.8. The molecule has 0 radical (unpaired) electrons. The van der Waals surface area contributed by atoms with E-state index in [2.05, 4.69) is 15.8 Å². The molecule has 2 amide bonds. The van der Waals surface area contributed by atoms with E-state index in [-0.39, 0.29) is 22.2 Å². The van der Waals surface area contributed by atoms with Crippen LogP contribution in [0, 0.1) is 16.0 Å². The monoisotopic (exact) mass is 501 g/mol. The first kappa shape index (κ1) is 24.9. The number of carbonyl (C=O) groups excluding carboxylic acids is 2. The van der Waals surface area contributed by atoms with Gasteiger partial charge in [0, 0.05) is 23.4 Å². The zero-order valence-electron chi connectivity index (χ0n) is 18.2. The third-order valence-corrected chi connectivity index (χ3v) is 5.43. The summed E-state index contributed by atoms with van der Waals surface area (Å²) in [5.41, 5.74) is 3.74. The molecular formula is C23H21Cl2N5O4. The Kier molecular flexibility index (Phi) is 8.04. The molecule has 0 aliphatic heterocycles. The van der Waals surface area contributed by atoms with Gasteiger partial charge in [-0.3, -0.25) is 19.7 Å². The van der Waals surface area contributed by atoms with E-state index < -0.39 is 22.8 Å². The molecule has 2 N–H and O–H groups in total. The van der Waals surface area contributed by atoms with Gasteiger partial charge in [-0.25, -0.2) is 5.43 Å². The van der Waals surface area contributed by atoms with Crippen LogP contribution in [-0.2, 0) is 4.79 Å². The SMILES string of the molecule is CC(C)C(NC(=O)c1ccc(Cl)cc1Cl)C(=O)NN=Cc1cccn1-c1cccc([N+](=O)[O-])c1. The number of nitrogens with zero attached hydrogens (tertiary/aromatic N) is 3. The molecule has 0 fully saturated rings. The van der Waals surface area contributed by atoms with Crippen molar-refractivity contribution in [2.75, 3.05) is 0 Å². The second-order valence-electron chi connectivity index (χ2n) is 7.63. The number of rotatable bonds is 8. The van der Waals surface area contributed by atoms with Crippen molar-refractivity contribution in [2.24, 2.45) is 11.0 Å². The molecule has 3 aromatic rings. The topological polar surface area (TPSA) is 119 Å². The molecule has 1 unspecified atom stereocenters. The summed E-state index contributed by atoms with van der Waals surface area (Å²) >= 11 is 12.0. The molecule has 0 saturated heterocycles. The lowest BCUT2D eigenvalue weighted by molar-refractivity contribution is -0.384. The maximum atomic E-state index is 12.7. The van der Waals surface area contributed by atoms with E-state index in [1.54, 1.807) is 48.9 Å². The quantitative estimate of drug-likeness (QED) is 0.266. The van der Waals surface area contributed by atoms with Gasteiger partial charge >= 0.3 is 0 Å². The Balaban J connectivity index is 1.71. The van der Waals surface area contributed by atoms with Crippen LogP contribution in [0.15, 0.2) is 65.9 Å². The van der Waals surface area contributed by atoms with Gasteiger partial charge in [0.2, 0.25) is 0 Å². The first-order chi connectivity index (χ1) is 16.2. The first-order valence-corrected chi connectivity index (χ1v) is 10.9. The highest BCUT2D eigenvalue weighted by Crippen LogP contribution is 2.21. The second-order valence-corrected chi connectivity index (χ2v) is 8.48. The van der Waals surface area contributed by atoms with Crippen molar-refractivity contribution in [3.8, 4) is 5.69 Å². The lowest BCUT2D eigenvalue weighted by atomic mass is 10.0. The highest BCUT2D eigenvalue weighted by atomic mass is 35.5. The Hall–Kier alpha value is -3.69. The molecule has 2 aromatic carbocycles. The maximum Gasteiger partial charge on any atom is 0.271 e. The fraction of sp³-hybridized carbons (Fsp3) is 0.174. The maximum absolute atomic E-state index is 12.7. The average Bonchev–Trinajstić information content (AvgIpc) is 3.25. The summed E-state index contributed by atoms with van der Waals surface area (Å²) in [5, 5.41) is 18.3. The highest BCUT2D eigenvalue weighted by Gasteiger charge is 2.25. The number of halogens is 2. The van der Waals surface area contributed by atoms with Crippen LogP contribution in [-0.4, -0.2) is 33.6 Å². The molecule has 3 rings (SSSR count). The zero-order valence-corrected chi connectivity index (χ0v) is 19.7. The number of nitro groups is 1. The second kappa shape index (κ2) is 11.0. The minimum atomic E-state index is -0.875. The van der Waals surface area contributed by atoms with E-state index in [0.717, 1.165) is 0 Å². The number of hydrogen-bond acceptors (Lipinski definition) is 5. The van der Waals surface area contributed by atoms with Gasteiger partial charge in [0.1, 0.15) is 6.04 Å². The van der Waals surface area contributed by atoms with Gasteiger partial charge in [0.25, 0.3) is 17.5 Å². The third kappa shape index (κ3) is 6.00. The number of aromatic nitrogens is 1. The van der Waals surface area contributed by atoms with Gasteiger partial charge in [-0.15, -0.1) is 0 Å². The third-order valence-electron chi connectivity index (χ3n) is 4.88. The molecule has 0 bridgehead atoms. The van der Waals surface area contributed by atoms with Gasteiger partial charge in [0.15, 0.2) is 0 Å². The molecular weight excluding hydrogens is 481 g/mol. The van der Waals surface area contributed by atoms with E-state index in [0.29, 0.717) is 16.4 Å². The average molecular weight is 502 g/mol. The summed E-state index contributed by atoms with van der Waals surface area (Å²) in [5.74, 6) is -1.27. The summed E-state index contributed by atoms with van der Waals surface area (Å²) in [6.07, 6.45) is 3.13. The van der Waals surface area contributed by atoms with Crippen molar-refractivity contribution in [3.05, 3.63) is 92.2 Å². The van der Waals surface area contributed by atoms with Crippen LogP contribution in [0.5, 0.6) is 0 Å². The number of nitro benzene ring substituents is 1. The molecule has 34 heavy (non-hydrogen) atoms. The van der Waals surface area contributed by atoms with Crippen LogP contribution in [0.2, 0.25) is 10.0 Å². The normalized spacial score (nSPS) is 12.0. The highest BCUT2D eigenvalue weighted by molar-refractivity contribution is 6.36. The van der Waals surface area contributed by atoms with Crippen LogP contribution >= 0.6 is 23.2 Å². The van der Waals surface area contributed by atoms with Crippen molar-refractivity contribution >= 4 is 46.9 Å². The summed E-state index contributed by atoms with van der Waals surface area (Å²) in [7, 11) is 0. The Morgan fingerprint density at radius 2 is 1.88 bits per heavy atom. The van der Waals surface area contributed by atoms with Crippen LogP contribution in [0.1, 0.15) is 29.9 Å². The lowest BCUT2D eigenvalue weighted by Crippen LogP contribution is -2.48. The Morgan fingerprint density at radius 1 is 1.12 bits per heavy atom. The van der Waals surface area contributed by atoms with Gasteiger partial charge in [-0.05, 0) is 42.3 Å². The molecule has 11 heteroatoms. The fourth-order valence-electron chi connectivity index (χ4n) is 3.15. The largest absolute Gasteiger partial charge is 0.340 e. The summed E-state index contributed by atoms with van der Waals surface area (Å²) < 4.78 is 1.69. The minimum Gasteiger partial charge on any atom is -0.340 e. The van der Waals surface area contributed by atoms with Crippen LogP contribution < -0.4 is 10.7 Å². The number of carbonyl (C=O) groups is 2. The molecule has 0 spiro atoms. The minimum absolute atomic E-state index is 0.0429. The molecule has 1 atom stereocenters. The van der Waals surface area contributed by atoms with Gasteiger partial charge in [0.05, 0.1) is 33.1 Å². The number of benzene rings is 2. The van der Waals surface area contributed by atoms with E-state index >= 15 is 0 Å². The Morgan fingerprint density at radius 3 is 2.56 bits per heavy atom. The summed E-state index contributed by atoms with van der Waals surface area (Å²) in [6.45, 7) is 3.57. The van der Waals surface area contributed by atoms with E-state index in [1.807, 2.05) is 0 Å². The molecule has 0 aliphatic carbocycles. The Labute approximate surface area is 205 Å². The van der Waals surface area contributed by atoms with Crippen molar-refractivity contribution < 1.29 is 14.5 Å². The predicted molar refractivity (Wildman–Crippen MR) is 131 cm³/mol. The van der Waals surface area contributed by atoms with Gasteiger partial charge in [-0.1, -0.05) is 43.1 Å². The standard InChI is InChI=1S/C23H21Cl2N5O4/c1-14(2)21(27-22(31)19-9-8-15(24)11-20(19)25)23(32)28-26-13-18-7-4-10-29(18)16-5-3-6-17(12-16)30(33)34/h3-14,21H,1-2H3,(H,27,31)(H,28,32). The van der Waals surface area contributed by atoms with Crippen LogP contribution in [0.4, 0.5) is 5.69 Å². The van der Waals surface area contributed by atoms with Gasteiger partial charge < -0.3 is 9.88 Å². The predicted octanol–water partition coefficient (Wildman–Crippen LogP) is 4.60. The first-order valence-electron chi connectivity index (χ1n) is 10.2. The van der Waals surface area contributed by atoms with Gasteiger partial charge in [-0.2, -0.15) is 5.10 Å². The number of amides is 2. The van der Waals surface area contributed by atoms with Crippen LogP contribution in [0.25, 0.3) is 5.69 Å². The van der Waals surface area contributed by atoms with Crippen molar-refractivity contribution in [1.29, 1.82) is 0 Å². The molecule has 0 aliphatic rings. The fourth-order valence-corrected chi connectivity index (χ4v) is 3.64. The number of hydrogen-bond donors (Lipinski definition) is 2. The van der Waals surface area contributed by atoms with E-state index in [1.165, 1.54) is 36.5 Å². The number of hydrazone groups is 1. The molecule has 1 heterocycles. The van der Waals surface area contributed by atoms with Crippen molar-refractivity contribution in [1.82, 2.24) is 15.3 Å². The molecule has 1 aromatic heterocycles. The summed E-state index contributed by atoms with van der Waals surface area (Å²) in [4.78, 5) is 35.9. The number of non-ortho nitro benzene ring substituents is 1. The number of nitrogens with one attached hydrogen (secondary N) is 2.